The summed E-state index contributed by atoms with van der Waals surface area (Å²) in [6.45, 7) is 0. The number of halogens is 1. The second-order valence-electron chi connectivity index (χ2n) is 4.85. The fourth-order valence-corrected chi connectivity index (χ4v) is 2.78. The van der Waals surface area contributed by atoms with Crippen molar-refractivity contribution in [2.24, 2.45) is 5.92 Å². The normalized spacial score (nSPS) is 23.6. The van der Waals surface area contributed by atoms with Gasteiger partial charge in [0.05, 0.1) is 23.5 Å². The number of carbonyl (C=O) groups is 1. The van der Waals surface area contributed by atoms with Crippen LogP contribution in [-0.4, -0.2) is 30.8 Å². The highest BCUT2D eigenvalue weighted by Crippen LogP contribution is 2.33. The molecule has 2 heterocycles. The molecule has 0 saturated heterocycles. The van der Waals surface area contributed by atoms with Crippen LogP contribution in [0.3, 0.4) is 0 Å². The summed E-state index contributed by atoms with van der Waals surface area (Å²) in [7, 11) is 0. The maximum absolute atomic E-state index is 10.9. The number of hydrogen-bond donors (Lipinski definition) is 1. The van der Waals surface area contributed by atoms with Crippen LogP contribution in [0.5, 0.6) is 0 Å². The third kappa shape index (κ3) is 2.28. The number of nitrogens with zero attached hydrogens (tertiary/aromatic N) is 4. The molecule has 0 aromatic carbocycles. The Labute approximate surface area is 114 Å². The zero-order chi connectivity index (χ0) is 13.4. The summed E-state index contributed by atoms with van der Waals surface area (Å²) in [5.41, 5.74) is 0.721. The van der Waals surface area contributed by atoms with Crippen molar-refractivity contribution in [3.8, 4) is 0 Å². The van der Waals surface area contributed by atoms with Crippen LogP contribution in [0.25, 0.3) is 11.0 Å². The van der Waals surface area contributed by atoms with E-state index in [2.05, 4.69) is 15.1 Å². The standard InChI is InChI=1S/C12H13ClN4O2/c13-12-14-5-8-6-15-17(10(8)16-12)9-3-1-7(2-4-9)11(18)19/h5-7,9H,1-4H2,(H,18,19). The SMILES string of the molecule is O=C(O)C1CCC(n2ncc3cnc(Cl)nc32)CC1. The highest BCUT2D eigenvalue weighted by Gasteiger charge is 2.28. The second kappa shape index (κ2) is 4.77. The van der Waals surface area contributed by atoms with Crippen molar-refractivity contribution in [1.29, 1.82) is 0 Å². The molecule has 2 aromatic heterocycles. The molecule has 3 rings (SSSR count). The van der Waals surface area contributed by atoms with Crippen molar-refractivity contribution >= 4 is 28.6 Å². The van der Waals surface area contributed by atoms with Gasteiger partial charge in [0.15, 0.2) is 5.65 Å². The summed E-state index contributed by atoms with van der Waals surface area (Å²) >= 11 is 5.81. The van der Waals surface area contributed by atoms with Crippen molar-refractivity contribution in [3.63, 3.8) is 0 Å². The van der Waals surface area contributed by atoms with Crippen LogP contribution in [0.4, 0.5) is 0 Å². The maximum Gasteiger partial charge on any atom is 0.306 e. The van der Waals surface area contributed by atoms with Crippen molar-refractivity contribution in [3.05, 3.63) is 17.7 Å². The van der Waals surface area contributed by atoms with E-state index in [9.17, 15) is 4.79 Å². The molecule has 0 atom stereocenters. The Kier molecular flexibility index (Phi) is 3.10. The van der Waals surface area contributed by atoms with Gasteiger partial charge < -0.3 is 5.11 Å². The number of aliphatic carboxylic acids is 1. The lowest BCUT2D eigenvalue weighted by atomic mass is 9.86. The fraction of sp³-hybridized carbons (Fsp3) is 0.500. The molecule has 0 aliphatic heterocycles. The van der Waals surface area contributed by atoms with E-state index in [1.54, 1.807) is 12.4 Å². The summed E-state index contributed by atoms with van der Waals surface area (Å²) in [4.78, 5) is 19.1. The van der Waals surface area contributed by atoms with Crippen LogP contribution >= 0.6 is 11.6 Å². The number of aromatic nitrogens is 4. The van der Waals surface area contributed by atoms with Gasteiger partial charge in [-0.3, -0.25) is 4.79 Å². The Hall–Kier alpha value is -1.69. The number of carboxylic acid groups (broad SMARTS) is 1. The van der Waals surface area contributed by atoms with Gasteiger partial charge in [-0.15, -0.1) is 0 Å². The van der Waals surface area contributed by atoms with E-state index in [1.807, 2.05) is 4.68 Å². The first-order chi connectivity index (χ1) is 9.15. The van der Waals surface area contributed by atoms with Crippen LogP contribution in [0.1, 0.15) is 31.7 Å². The number of rotatable bonds is 2. The van der Waals surface area contributed by atoms with Gasteiger partial charge in [-0.25, -0.2) is 9.67 Å². The predicted molar refractivity (Wildman–Crippen MR) is 69.0 cm³/mol. The third-order valence-electron chi connectivity index (χ3n) is 3.70. The van der Waals surface area contributed by atoms with Crippen LogP contribution in [-0.2, 0) is 4.79 Å². The van der Waals surface area contributed by atoms with Crippen molar-refractivity contribution < 1.29 is 9.90 Å². The summed E-state index contributed by atoms with van der Waals surface area (Å²) in [5.74, 6) is -0.926. The molecule has 2 aromatic rings. The Balaban J connectivity index is 1.85. The fourth-order valence-electron chi connectivity index (χ4n) is 2.65. The van der Waals surface area contributed by atoms with Crippen LogP contribution in [0.15, 0.2) is 12.4 Å². The Morgan fingerprint density at radius 1 is 1.32 bits per heavy atom. The van der Waals surface area contributed by atoms with Gasteiger partial charge in [0.2, 0.25) is 5.28 Å². The average Bonchev–Trinajstić information content (AvgIpc) is 2.81. The molecule has 1 aliphatic rings. The van der Waals surface area contributed by atoms with Gasteiger partial charge in [-0.1, -0.05) is 0 Å². The van der Waals surface area contributed by atoms with Crippen LogP contribution < -0.4 is 0 Å². The minimum atomic E-state index is -0.700. The summed E-state index contributed by atoms with van der Waals surface area (Å²) in [6.07, 6.45) is 6.33. The van der Waals surface area contributed by atoms with Crippen LogP contribution in [0, 0.1) is 5.92 Å². The van der Waals surface area contributed by atoms with E-state index >= 15 is 0 Å². The minimum Gasteiger partial charge on any atom is -0.481 e. The predicted octanol–water partition coefficient (Wildman–Crippen LogP) is 2.30. The molecule has 1 aliphatic carbocycles. The molecule has 1 fully saturated rings. The van der Waals surface area contributed by atoms with Gasteiger partial charge in [0, 0.05) is 6.20 Å². The quantitative estimate of drug-likeness (QED) is 0.854. The monoisotopic (exact) mass is 280 g/mol. The first-order valence-corrected chi connectivity index (χ1v) is 6.61. The van der Waals surface area contributed by atoms with E-state index in [0.717, 1.165) is 23.9 Å². The molecule has 6 nitrogen and oxygen atoms in total. The van der Waals surface area contributed by atoms with Gasteiger partial charge in [0.25, 0.3) is 0 Å². The smallest absolute Gasteiger partial charge is 0.306 e. The topological polar surface area (TPSA) is 80.9 Å². The molecule has 1 N–H and O–H groups in total. The first kappa shape index (κ1) is 12.3. The molecule has 0 spiro atoms. The number of hydrogen-bond acceptors (Lipinski definition) is 4. The Bertz CT molecular complexity index is 619. The largest absolute Gasteiger partial charge is 0.481 e. The number of fused-ring (bicyclic) bond motifs is 1. The molecular formula is C12H13ClN4O2. The van der Waals surface area contributed by atoms with E-state index in [0.29, 0.717) is 12.8 Å². The zero-order valence-corrected chi connectivity index (χ0v) is 10.9. The second-order valence-corrected chi connectivity index (χ2v) is 5.19. The van der Waals surface area contributed by atoms with Crippen molar-refractivity contribution in [2.45, 2.75) is 31.7 Å². The Morgan fingerprint density at radius 2 is 2.05 bits per heavy atom. The molecule has 7 heteroatoms. The van der Waals surface area contributed by atoms with Crippen LogP contribution in [0.2, 0.25) is 5.28 Å². The maximum atomic E-state index is 10.9. The zero-order valence-electron chi connectivity index (χ0n) is 10.2. The molecule has 100 valence electrons. The van der Waals surface area contributed by atoms with Gasteiger partial charge in [-0.2, -0.15) is 10.1 Å². The molecule has 1 saturated carbocycles. The summed E-state index contributed by atoms with van der Waals surface area (Å²) in [6, 6.07) is 0.194. The third-order valence-corrected chi connectivity index (χ3v) is 3.88. The molecule has 0 radical (unpaired) electrons. The van der Waals surface area contributed by atoms with Gasteiger partial charge >= 0.3 is 5.97 Å². The lowest BCUT2D eigenvalue weighted by Crippen LogP contribution is -2.24. The van der Waals surface area contributed by atoms with E-state index in [4.69, 9.17) is 16.7 Å². The van der Waals surface area contributed by atoms with E-state index in [-0.39, 0.29) is 17.2 Å². The molecule has 0 amide bonds. The molecular weight excluding hydrogens is 268 g/mol. The molecule has 0 unspecified atom stereocenters. The van der Waals surface area contributed by atoms with Crippen molar-refractivity contribution in [2.75, 3.05) is 0 Å². The Morgan fingerprint density at radius 3 is 2.74 bits per heavy atom. The first-order valence-electron chi connectivity index (χ1n) is 6.23. The van der Waals surface area contributed by atoms with Gasteiger partial charge in [-0.05, 0) is 37.3 Å². The van der Waals surface area contributed by atoms with E-state index < -0.39 is 5.97 Å². The highest BCUT2D eigenvalue weighted by atomic mass is 35.5. The lowest BCUT2D eigenvalue weighted by molar-refractivity contribution is -0.143. The average molecular weight is 281 g/mol. The van der Waals surface area contributed by atoms with Crippen molar-refractivity contribution in [1.82, 2.24) is 19.7 Å². The van der Waals surface area contributed by atoms with Gasteiger partial charge in [0.1, 0.15) is 0 Å². The number of carboxylic acids is 1. The highest BCUT2D eigenvalue weighted by molar-refractivity contribution is 6.28. The summed E-state index contributed by atoms with van der Waals surface area (Å²) in [5, 5.41) is 14.4. The summed E-state index contributed by atoms with van der Waals surface area (Å²) < 4.78 is 1.85. The lowest BCUT2D eigenvalue weighted by Gasteiger charge is -2.26. The molecule has 19 heavy (non-hydrogen) atoms. The molecule has 0 bridgehead atoms. The minimum absolute atomic E-state index is 0.194. The van der Waals surface area contributed by atoms with E-state index in [1.165, 1.54) is 0 Å².